The number of amides is 1. The van der Waals surface area contributed by atoms with Crippen molar-refractivity contribution in [2.75, 3.05) is 43.1 Å². The summed E-state index contributed by atoms with van der Waals surface area (Å²) in [5.41, 5.74) is 4.21. The van der Waals surface area contributed by atoms with Gasteiger partial charge in [-0.1, -0.05) is 35.9 Å². The molecule has 3 rings (SSSR count). The molecule has 5 nitrogen and oxygen atoms in total. The van der Waals surface area contributed by atoms with E-state index < -0.39 is 0 Å². The molecule has 0 saturated carbocycles. The number of nitrogens with one attached hydrogen (secondary N) is 2. The van der Waals surface area contributed by atoms with Crippen molar-refractivity contribution >= 4 is 28.9 Å². The summed E-state index contributed by atoms with van der Waals surface area (Å²) >= 11 is 6.15. The van der Waals surface area contributed by atoms with Gasteiger partial charge < -0.3 is 20.3 Å². The third kappa shape index (κ3) is 4.90. The first-order valence-corrected chi connectivity index (χ1v) is 9.18. The Kier molecular flexibility index (Phi) is 6.36. The van der Waals surface area contributed by atoms with E-state index in [1.54, 1.807) is 0 Å². The first-order chi connectivity index (χ1) is 12.6. The van der Waals surface area contributed by atoms with Gasteiger partial charge in [0.15, 0.2) is 0 Å². The Hall–Kier alpha value is -2.24. The predicted octanol–water partition coefficient (Wildman–Crippen LogP) is 3.21. The number of carbonyl (C=O) groups excluding carboxylic acids is 1. The van der Waals surface area contributed by atoms with Crippen molar-refractivity contribution in [3.63, 3.8) is 0 Å². The van der Waals surface area contributed by atoms with Crippen LogP contribution in [-0.2, 0) is 16.1 Å². The van der Waals surface area contributed by atoms with E-state index in [0.29, 0.717) is 24.8 Å². The minimum atomic E-state index is -0.0545. The molecule has 1 heterocycles. The van der Waals surface area contributed by atoms with Gasteiger partial charge in [0.2, 0.25) is 5.91 Å². The topological polar surface area (TPSA) is 53.6 Å². The summed E-state index contributed by atoms with van der Waals surface area (Å²) in [4.78, 5) is 14.5. The van der Waals surface area contributed by atoms with Crippen molar-refractivity contribution < 1.29 is 9.53 Å². The maximum Gasteiger partial charge on any atom is 0.239 e. The molecular weight excluding hydrogens is 350 g/mol. The SMILES string of the molecule is Cc1ccccc1CNC(=O)CNc1cc(Cl)ccc1N1CCOCC1. The molecule has 26 heavy (non-hydrogen) atoms. The minimum absolute atomic E-state index is 0.0545. The number of nitrogens with zero attached hydrogens (tertiary/aromatic N) is 1. The third-order valence-corrected chi connectivity index (χ3v) is 4.72. The van der Waals surface area contributed by atoms with E-state index in [0.717, 1.165) is 30.0 Å². The van der Waals surface area contributed by atoms with Gasteiger partial charge in [0.1, 0.15) is 0 Å². The van der Waals surface area contributed by atoms with Gasteiger partial charge in [0, 0.05) is 24.7 Å². The zero-order chi connectivity index (χ0) is 18.4. The highest BCUT2D eigenvalue weighted by Crippen LogP contribution is 2.29. The highest BCUT2D eigenvalue weighted by atomic mass is 35.5. The van der Waals surface area contributed by atoms with Crippen LogP contribution in [0.15, 0.2) is 42.5 Å². The van der Waals surface area contributed by atoms with E-state index in [1.807, 2.05) is 49.4 Å². The number of aryl methyl sites for hydroxylation is 1. The number of carbonyl (C=O) groups is 1. The van der Waals surface area contributed by atoms with E-state index in [9.17, 15) is 4.79 Å². The molecule has 1 fully saturated rings. The quantitative estimate of drug-likeness (QED) is 0.816. The molecule has 2 aromatic rings. The predicted molar refractivity (Wildman–Crippen MR) is 106 cm³/mol. The molecule has 6 heteroatoms. The lowest BCUT2D eigenvalue weighted by atomic mass is 10.1. The number of halogens is 1. The average molecular weight is 374 g/mol. The minimum Gasteiger partial charge on any atom is -0.378 e. The highest BCUT2D eigenvalue weighted by molar-refractivity contribution is 6.31. The fraction of sp³-hybridized carbons (Fsp3) is 0.350. The molecule has 2 aromatic carbocycles. The van der Waals surface area contributed by atoms with Crippen LogP contribution in [0.5, 0.6) is 0 Å². The molecule has 0 aliphatic carbocycles. The highest BCUT2D eigenvalue weighted by Gasteiger charge is 2.15. The molecule has 0 atom stereocenters. The lowest BCUT2D eigenvalue weighted by Gasteiger charge is -2.30. The summed E-state index contributed by atoms with van der Waals surface area (Å²) in [6, 6.07) is 13.8. The number of benzene rings is 2. The van der Waals surface area contributed by atoms with Crippen LogP contribution in [0, 0.1) is 6.92 Å². The van der Waals surface area contributed by atoms with E-state index in [-0.39, 0.29) is 12.5 Å². The van der Waals surface area contributed by atoms with Crippen LogP contribution in [0.1, 0.15) is 11.1 Å². The number of hydrogen-bond acceptors (Lipinski definition) is 4. The molecule has 0 aromatic heterocycles. The van der Waals surface area contributed by atoms with Gasteiger partial charge >= 0.3 is 0 Å². The van der Waals surface area contributed by atoms with Crippen LogP contribution in [0.3, 0.4) is 0 Å². The van der Waals surface area contributed by atoms with Crippen LogP contribution in [0.4, 0.5) is 11.4 Å². The van der Waals surface area contributed by atoms with Gasteiger partial charge in [-0.05, 0) is 36.2 Å². The fourth-order valence-electron chi connectivity index (χ4n) is 2.97. The summed E-state index contributed by atoms with van der Waals surface area (Å²) in [6.45, 7) is 5.84. The lowest BCUT2D eigenvalue weighted by molar-refractivity contribution is -0.119. The maximum atomic E-state index is 12.2. The van der Waals surface area contributed by atoms with Gasteiger partial charge in [-0.2, -0.15) is 0 Å². The Bertz CT molecular complexity index is 760. The van der Waals surface area contributed by atoms with E-state index >= 15 is 0 Å². The van der Waals surface area contributed by atoms with E-state index in [2.05, 4.69) is 15.5 Å². The Balaban J connectivity index is 1.59. The van der Waals surface area contributed by atoms with E-state index in [4.69, 9.17) is 16.3 Å². The molecule has 138 valence electrons. The van der Waals surface area contributed by atoms with Gasteiger partial charge in [0.25, 0.3) is 0 Å². The Morgan fingerprint density at radius 3 is 2.73 bits per heavy atom. The van der Waals surface area contributed by atoms with Crippen molar-refractivity contribution in [1.82, 2.24) is 5.32 Å². The van der Waals surface area contributed by atoms with Crippen LogP contribution in [0.25, 0.3) is 0 Å². The van der Waals surface area contributed by atoms with Crippen LogP contribution in [0.2, 0.25) is 5.02 Å². The average Bonchev–Trinajstić information content (AvgIpc) is 2.66. The molecule has 0 spiro atoms. The standard InChI is InChI=1S/C20H24ClN3O2/c1-15-4-2-3-5-16(15)13-23-20(25)14-22-18-12-17(21)6-7-19(18)24-8-10-26-11-9-24/h2-7,12,22H,8-11,13-14H2,1H3,(H,23,25). The van der Waals surface area contributed by atoms with Gasteiger partial charge in [-0.15, -0.1) is 0 Å². The number of hydrogen-bond donors (Lipinski definition) is 2. The Labute approximate surface area is 159 Å². The number of morpholine rings is 1. The third-order valence-electron chi connectivity index (χ3n) is 4.49. The first kappa shape index (κ1) is 18.5. The normalized spacial score (nSPS) is 14.2. The Morgan fingerprint density at radius 2 is 1.96 bits per heavy atom. The van der Waals surface area contributed by atoms with Crippen LogP contribution in [-0.4, -0.2) is 38.8 Å². The maximum absolute atomic E-state index is 12.2. The van der Waals surface area contributed by atoms with Gasteiger partial charge in [0.05, 0.1) is 31.1 Å². The van der Waals surface area contributed by atoms with Crippen molar-refractivity contribution in [2.24, 2.45) is 0 Å². The van der Waals surface area contributed by atoms with Crippen molar-refractivity contribution in [2.45, 2.75) is 13.5 Å². The zero-order valence-electron chi connectivity index (χ0n) is 14.9. The summed E-state index contributed by atoms with van der Waals surface area (Å²) in [5.74, 6) is -0.0545. The number of anilines is 2. The molecule has 1 saturated heterocycles. The molecule has 1 aliphatic heterocycles. The van der Waals surface area contributed by atoms with Crippen LogP contribution >= 0.6 is 11.6 Å². The van der Waals surface area contributed by atoms with Gasteiger partial charge in [-0.25, -0.2) is 0 Å². The second-order valence-corrected chi connectivity index (χ2v) is 6.75. The Morgan fingerprint density at radius 1 is 1.19 bits per heavy atom. The van der Waals surface area contributed by atoms with Gasteiger partial charge in [-0.3, -0.25) is 4.79 Å². The molecule has 0 unspecified atom stereocenters. The second kappa shape index (κ2) is 8.92. The summed E-state index contributed by atoms with van der Waals surface area (Å²) in [7, 11) is 0. The molecule has 2 N–H and O–H groups in total. The molecule has 1 amide bonds. The largest absolute Gasteiger partial charge is 0.378 e. The fourth-order valence-corrected chi connectivity index (χ4v) is 3.14. The molecule has 0 bridgehead atoms. The number of ether oxygens (including phenoxy) is 1. The second-order valence-electron chi connectivity index (χ2n) is 6.32. The molecule has 1 aliphatic rings. The molecular formula is C20H24ClN3O2. The smallest absolute Gasteiger partial charge is 0.239 e. The summed E-state index contributed by atoms with van der Waals surface area (Å²) in [5, 5.41) is 6.82. The van der Waals surface area contributed by atoms with Crippen molar-refractivity contribution in [3.8, 4) is 0 Å². The zero-order valence-corrected chi connectivity index (χ0v) is 15.7. The van der Waals surface area contributed by atoms with Crippen molar-refractivity contribution in [3.05, 3.63) is 58.6 Å². The summed E-state index contributed by atoms with van der Waals surface area (Å²) < 4.78 is 5.41. The summed E-state index contributed by atoms with van der Waals surface area (Å²) in [6.07, 6.45) is 0. The monoisotopic (exact) mass is 373 g/mol. The first-order valence-electron chi connectivity index (χ1n) is 8.81. The molecule has 0 radical (unpaired) electrons. The van der Waals surface area contributed by atoms with Crippen molar-refractivity contribution in [1.29, 1.82) is 0 Å². The van der Waals surface area contributed by atoms with Crippen LogP contribution < -0.4 is 15.5 Å². The van der Waals surface area contributed by atoms with E-state index in [1.165, 1.54) is 5.56 Å². The number of rotatable bonds is 6. The lowest BCUT2D eigenvalue weighted by Crippen LogP contribution is -2.37.